The van der Waals surface area contributed by atoms with E-state index >= 15 is 0 Å². The predicted octanol–water partition coefficient (Wildman–Crippen LogP) is 3.46. The Morgan fingerprint density at radius 2 is 2.04 bits per heavy atom. The molecule has 1 aromatic heterocycles. The second kappa shape index (κ2) is 7.41. The van der Waals surface area contributed by atoms with Gasteiger partial charge in [0.25, 0.3) is 11.5 Å². The standard InChI is InChI=1S/C19H16ClN3O3/c1-12-4-3-5-13(10-12)18(24)22-17-19(25)23(9-8-21-17)14-6-7-16(26-2)15(20)11-14/h3-11H,1-2H3,(H,21,22,24). The zero-order valence-corrected chi connectivity index (χ0v) is 14.9. The Hall–Kier alpha value is -3.12. The summed E-state index contributed by atoms with van der Waals surface area (Å²) in [6, 6.07) is 12.0. The molecule has 3 aromatic rings. The van der Waals surface area contributed by atoms with Gasteiger partial charge < -0.3 is 10.1 Å². The molecular weight excluding hydrogens is 354 g/mol. The highest BCUT2D eigenvalue weighted by molar-refractivity contribution is 6.32. The quantitative estimate of drug-likeness (QED) is 0.764. The summed E-state index contributed by atoms with van der Waals surface area (Å²) in [6.45, 7) is 1.89. The van der Waals surface area contributed by atoms with Crippen molar-refractivity contribution in [3.05, 3.63) is 81.4 Å². The summed E-state index contributed by atoms with van der Waals surface area (Å²) < 4.78 is 6.46. The lowest BCUT2D eigenvalue weighted by Gasteiger charge is -2.10. The van der Waals surface area contributed by atoms with Gasteiger partial charge in [-0.1, -0.05) is 29.3 Å². The Balaban J connectivity index is 1.94. The monoisotopic (exact) mass is 369 g/mol. The van der Waals surface area contributed by atoms with E-state index < -0.39 is 11.5 Å². The van der Waals surface area contributed by atoms with Crippen molar-refractivity contribution < 1.29 is 9.53 Å². The van der Waals surface area contributed by atoms with Gasteiger partial charge in [0.15, 0.2) is 5.82 Å². The molecule has 26 heavy (non-hydrogen) atoms. The molecule has 0 atom stereocenters. The molecule has 2 aromatic carbocycles. The largest absolute Gasteiger partial charge is 0.495 e. The number of carbonyl (C=O) groups is 1. The average Bonchev–Trinajstić information content (AvgIpc) is 2.63. The minimum atomic E-state index is -0.463. The number of hydrogen-bond donors (Lipinski definition) is 1. The van der Waals surface area contributed by atoms with Crippen LogP contribution in [0.2, 0.25) is 5.02 Å². The van der Waals surface area contributed by atoms with Crippen LogP contribution in [0.5, 0.6) is 5.75 Å². The van der Waals surface area contributed by atoms with Gasteiger partial charge in [0.05, 0.1) is 17.8 Å². The molecule has 0 saturated carbocycles. The summed E-state index contributed by atoms with van der Waals surface area (Å²) in [6.07, 6.45) is 2.94. The minimum absolute atomic E-state index is 0.0639. The first kappa shape index (κ1) is 17.7. The predicted molar refractivity (Wildman–Crippen MR) is 101 cm³/mol. The van der Waals surface area contributed by atoms with Crippen LogP contribution in [-0.2, 0) is 0 Å². The zero-order chi connectivity index (χ0) is 18.7. The summed E-state index contributed by atoms with van der Waals surface area (Å²) in [5, 5.41) is 2.93. The zero-order valence-electron chi connectivity index (χ0n) is 14.2. The molecule has 1 N–H and O–H groups in total. The van der Waals surface area contributed by atoms with Crippen molar-refractivity contribution in [1.29, 1.82) is 0 Å². The van der Waals surface area contributed by atoms with E-state index in [0.29, 0.717) is 22.0 Å². The number of hydrogen-bond acceptors (Lipinski definition) is 4. The lowest BCUT2D eigenvalue weighted by Crippen LogP contribution is -2.26. The molecule has 0 aliphatic rings. The molecule has 1 amide bonds. The molecule has 132 valence electrons. The Kier molecular flexibility index (Phi) is 5.04. The van der Waals surface area contributed by atoms with Crippen LogP contribution in [0.25, 0.3) is 5.69 Å². The van der Waals surface area contributed by atoms with Crippen LogP contribution in [0.3, 0.4) is 0 Å². The van der Waals surface area contributed by atoms with Crippen LogP contribution in [0.1, 0.15) is 15.9 Å². The number of nitrogens with one attached hydrogen (secondary N) is 1. The Morgan fingerprint density at radius 1 is 1.23 bits per heavy atom. The first-order chi connectivity index (χ1) is 12.5. The second-order valence-corrected chi connectivity index (χ2v) is 6.00. The lowest BCUT2D eigenvalue weighted by atomic mass is 10.1. The fourth-order valence-corrected chi connectivity index (χ4v) is 2.72. The Bertz CT molecular complexity index is 1030. The van der Waals surface area contributed by atoms with Crippen molar-refractivity contribution in [3.8, 4) is 11.4 Å². The van der Waals surface area contributed by atoms with Crippen LogP contribution in [0.15, 0.2) is 59.7 Å². The number of carbonyl (C=O) groups excluding carboxylic acids is 1. The maximum absolute atomic E-state index is 12.7. The van der Waals surface area contributed by atoms with Gasteiger partial charge in [0.2, 0.25) is 0 Å². The van der Waals surface area contributed by atoms with E-state index in [1.54, 1.807) is 36.4 Å². The van der Waals surface area contributed by atoms with E-state index in [9.17, 15) is 9.59 Å². The molecule has 0 bridgehead atoms. The Labute approximate surface area is 155 Å². The molecule has 0 spiro atoms. The highest BCUT2D eigenvalue weighted by Gasteiger charge is 2.13. The van der Waals surface area contributed by atoms with E-state index in [1.165, 1.54) is 24.1 Å². The number of aromatic nitrogens is 2. The van der Waals surface area contributed by atoms with Crippen molar-refractivity contribution in [2.75, 3.05) is 12.4 Å². The number of nitrogens with zero attached hydrogens (tertiary/aromatic N) is 2. The first-order valence-electron chi connectivity index (χ1n) is 7.79. The van der Waals surface area contributed by atoms with Crippen molar-refractivity contribution in [3.63, 3.8) is 0 Å². The maximum Gasteiger partial charge on any atom is 0.298 e. The third-order valence-corrected chi connectivity index (χ3v) is 4.06. The van der Waals surface area contributed by atoms with Crippen LogP contribution >= 0.6 is 11.6 Å². The van der Waals surface area contributed by atoms with Gasteiger partial charge in [0.1, 0.15) is 5.75 Å². The second-order valence-electron chi connectivity index (χ2n) is 5.59. The number of halogens is 1. The molecule has 7 heteroatoms. The lowest BCUT2D eigenvalue weighted by molar-refractivity contribution is 0.102. The molecular formula is C19H16ClN3O3. The highest BCUT2D eigenvalue weighted by atomic mass is 35.5. The van der Waals surface area contributed by atoms with Gasteiger partial charge in [-0.05, 0) is 37.3 Å². The normalized spacial score (nSPS) is 10.4. The SMILES string of the molecule is COc1ccc(-n2ccnc(NC(=O)c3cccc(C)c3)c2=O)cc1Cl. The molecule has 0 unspecified atom stereocenters. The number of aryl methyl sites for hydroxylation is 1. The third kappa shape index (κ3) is 3.60. The van der Waals surface area contributed by atoms with Gasteiger partial charge in [-0.3, -0.25) is 14.2 Å². The topological polar surface area (TPSA) is 73.2 Å². The summed E-state index contributed by atoms with van der Waals surface area (Å²) in [5.74, 6) is 0.0419. The van der Waals surface area contributed by atoms with E-state index in [4.69, 9.17) is 16.3 Å². The van der Waals surface area contributed by atoms with Crippen molar-refractivity contribution in [2.45, 2.75) is 6.92 Å². The summed E-state index contributed by atoms with van der Waals surface area (Å²) >= 11 is 6.12. The summed E-state index contributed by atoms with van der Waals surface area (Å²) in [4.78, 5) is 29.0. The fourth-order valence-electron chi connectivity index (χ4n) is 2.47. The molecule has 1 heterocycles. The summed E-state index contributed by atoms with van der Waals surface area (Å²) in [7, 11) is 1.51. The number of rotatable bonds is 4. The highest BCUT2D eigenvalue weighted by Crippen LogP contribution is 2.26. The van der Waals surface area contributed by atoms with E-state index in [1.807, 2.05) is 13.0 Å². The average molecular weight is 370 g/mol. The third-order valence-electron chi connectivity index (χ3n) is 3.77. The van der Waals surface area contributed by atoms with E-state index in [2.05, 4.69) is 10.3 Å². The van der Waals surface area contributed by atoms with Crippen LogP contribution in [0, 0.1) is 6.92 Å². The van der Waals surface area contributed by atoms with Crippen LogP contribution in [-0.4, -0.2) is 22.6 Å². The minimum Gasteiger partial charge on any atom is -0.495 e. The van der Waals surface area contributed by atoms with Gasteiger partial charge in [-0.25, -0.2) is 4.98 Å². The van der Waals surface area contributed by atoms with Gasteiger partial charge >= 0.3 is 0 Å². The molecule has 6 nitrogen and oxygen atoms in total. The number of amides is 1. The number of ether oxygens (including phenoxy) is 1. The van der Waals surface area contributed by atoms with Gasteiger partial charge in [-0.2, -0.15) is 0 Å². The molecule has 3 rings (SSSR count). The molecule has 0 radical (unpaired) electrons. The van der Waals surface area contributed by atoms with Gasteiger partial charge in [-0.15, -0.1) is 0 Å². The number of methoxy groups -OCH3 is 1. The van der Waals surface area contributed by atoms with E-state index in [0.717, 1.165) is 5.56 Å². The maximum atomic E-state index is 12.7. The number of benzene rings is 2. The first-order valence-corrected chi connectivity index (χ1v) is 8.17. The molecule has 0 fully saturated rings. The van der Waals surface area contributed by atoms with Crippen LogP contribution < -0.4 is 15.6 Å². The smallest absolute Gasteiger partial charge is 0.298 e. The van der Waals surface area contributed by atoms with Crippen LogP contribution in [0.4, 0.5) is 5.82 Å². The van der Waals surface area contributed by atoms with Crippen molar-refractivity contribution in [1.82, 2.24) is 9.55 Å². The Morgan fingerprint density at radius 3 is 2.73 bits per heavy atom. The molecule has 0 aliphatic heterocycles. The van der Waals surface area contributed by atoms with Crippen molar-refractivity contribution in [2.24, 2.45) is 0 Å². The number of anilines is 1. The molecule has 0 saturated heterocycles. The fraction of sp³-hybridized carbons (Fsp3) is 0.105. The molecule has 0 aliphatic carbocycles. The summed E-state index contributed by atoms with van der Waals surface area (Å²) in [5.41, 5.74) is 1.47. The van der Waals surface area contributed by atoms with E-state index in [-0.39, 0.29) is 5.82 Å². The van der Waals surface area contributed by atoms with Gasteiger partial charge in [0, 0.05) is 18.0 Å². The van der Waals surface area contributed by atoms with Crippen molar-refractivity contribution >= 4 is 23.3 Å².